The van der Waals surface area contributed by atoms with Crippen LogP contribution in [0.2, 0.25) is 0 Å². The highest BCUT2D eigenvalue weighted by molar-refractivity contribution is 5.83. The fraction of sp³-hybridized carbons (Fsp3) is 0.567. The van der Waals surface area contributed by atoms with Gasteiger partial charge in [-0.3, -0.25) is 9.63 Å². The summed E-state index contributed by atoms with van der Waals surface area (Å²) >= 11 is 0. The number of nitrogens with zero attached hydrogens (tertiary/aromatic N) is 1. The molecule has 1 heterocycles. The number of phenolic OH excluding ortho intramolecular Hbond substituents is 1. The molecule has 1 saturated heterocycles. The van der Waals surface area contributed by atoms with E-state index in [1.807, 2.05) is 30.3 Å². The van der Waals surface area contributed by atoms with Crippen LogP contribution in [0.4, 0.5) is 0 Å². The smallest absolute Gasteiger partial charge is 0.240 e. The zero-order valence-corrected chi connectivity index (χ0v) is 22.2. The van der Waals surface area contributed by atoms with Gasteiger partial charge in [-0.15, -0.1) is 0 Å². The molecule has 6 rings (SSSR count). The highest BCUT2D eigenvalue weighted by Crippen LogP contribution is 2.61. The molecule has 4 fully saturated rings. The molecule has 2 aromatic carbocycles. The third-order valence-electron chi connectivity index (χ3n) is 9.51. The normalized spacial score (nSPS) is 33.5. The van der Waals surface area contributed by atoms with E-state index in [1.54, 1.807) is 30.2 Å². The number of amides is 1. The van der Waals surface area contributed by atoms with Crippen molar-refractivity contribution in [1.29, 1.82) is 0 Å². The minimum atomic E-state index is -0.826. The van der Waals surface area contributed by atoms with Crippen LogP contribution in [0.1, 0.15) is 46.1 Å². The Labute approximate surface area is 219 Å². The van der Waals surface area contributed by atoms with Crippen molar-refractivity contribution >= 4 is 5.91 Å². The minimum Gasteiger partial charge on any atom is -0.508 e. The lowest BCUT2D eigenvalue weighted by molar-refractivity contribution is -0.183. The summed E-state index contributed by atoms with van der Waals surface area (Å²) in [6.45, 7) is 8.62. The van der Waals surface area contributed by atoms with Crippen LogP contribution in [0.25, 0.3) is 11.1 Å². The predicted molar refractivity (Wildman–Crippen MR) is 141 cm³/mol. The van der Waals surface area contributed by atoms with Crippen molar-refractivity contribution < 1.29 is 25.0 Å². The molecule has 4 N–H and O–H groups in total. The predicted octanol–water partition coefficient (Wildman–Crippen LogP) is 3.72. The van der Waals surface area contributed by atoms with Gasteiger partial charge in [0.25, 0.3) is 0 Å². The molecule has 1 amide bonds. The Balaban J connectivity index is 1.37. The Bertz CT molecular complexity index is 1130. The van der Waals surface area contributed by atoms with E-state index in [0.29, 0.717) is 29.7 Å². The monoisotopic (exact) mass is 508 g/mol. The number of carbonyl (C=O) groups excluding carboxylic acids is 1. The zero-order valence-electron chi connectivity index (χ0n) is 22.2. The van der Waals surface area contributed by atoms with Crippen molar-refractivity contribution in [3.05, 3.63) is 54.1 Å². The Morgan fingerprint density at radius 2 is 1.86 bits per heavy atom. The van der Waals surface area contributed by atoms with Crippen LogP contribution in [-0.4, -0.2) is 57.2 Å². The maximum atomic E-state index is 13.8. The van der Waals surface area contributed by atoms with Crippen molar-refractivity contribution in [3.8, 4) is 16.9 Å². The largest absolute Gasteiger partial charge is 0.508 e. The van der Waals surface area contributed by atoms with Gasteiger partial charge in [0.05, 0.1) is 19.3 Å². The number of phenols is 1. The summed E-state index contributed by atoms with van der Waals surface area (Å²) in [5.41, 5.74) is 3.09. The number of hydrogen-bond acceptors (Lipinski definition) is 6. The Kier molecular flexibility index (Phi) is 7.09. The first-order chi connectivity index (χ1) is 17.6. The van der Waals surface area contributed by atoms with Crippen LogP contribution >= 0.6 is 0 Å². The average molecular weight is 509 g/mol. The average Bonchev–Trinajstić information content (AvgIpc) is 3.23. The molecule has 7 heteroatoms. The SMILES string of the molecule is C[C@@H]1[C@@H](NC(=O)[C@@H]2[C@H]([C@H](C)O)[C@H](CO)ON2Cc2cccc(-c3cccc(O)c3)c2)C[C@H]2C[C@@H]1C2(C)C. The first-order valence-electron chi connectivity index (χ1n) is 13.5. The molecule has 7 nitrogen and oxygen atoms in total. The number of nitrogens with one attached hydrogen (secondary N) is 1. The van der Waals surface area contributed by atoms with Crippen LogP contribution in [-0.2, 0) is 16.2 Å². The summed E-state index contributed by atoms with van der Waals surface area (Å²) < 4.78 is 0. The molecule has 1 aliphatic heterocycles. The van der Waals surface area contributed by atoms with Gasteiger partial charge in [0.2, 0.25) is 5.91 Å². The van der Waals surface area contributed by atoms with Gasteiger partial charge in [-0.1, -0.05) is 51.1 Å². The first kappa shape index (κ1) is 26.2. The lowest BCUT2D eigenvalue weighted by Gasteiger charge is -2.62. The summed E-state index contributed by atoms with van der Waals surface area (Å²) in [6.07, 6.45) is 0.713. The highest BCUT2D eigenvalue weighted by Gasteiger charge is 2.57. The molecule has 3 saturated carbocycles. The van der Waals surface area contributed by atoms with Crippen LogP contribution in [0.15, 0.2) is 48.5 Å². The van der Waals surface area contributed by atoms with E-state index in [1.165, 1.54) is 6.42 Å². The second-order valence-corrected chi connectivity index (χ2v) is 12.0. The van der Waals surface area contributed by atoms with Crippen LogP contribution in [0.3, 0.4) is 0 Å². The molecular formula is C30H40N2O5. The van der Waals surface area contributed by atoms with E-state index < -0.39 is 24.2 Å². The maximum absolute atomic E-state index is 13.8. The van der Waals surface area contributed by atoms with Gasteiger partial charge in [-0.25, -0.2) is 0 Å². The Hall–Kier alpha value is -2.45. The van der Waals surface area contributed by atoms with Crippen molar-refractivity contribution in [2.45, 2.75) is 71.4 Å². The first-order valence-corrected chi connectivity index (χ1v) is 13.5. The summed E-state index contributed by atoms with van der Waals surface area (Å²) in [5.74, 6) is 1.10. The van der Waals surface area contributed by atoms with Crippen LogP contribution < -0.4 is 5.32 Å². The van der Waals surface area contributed by atoms with Gasteiger partial charge in [-0.2, -0.15) is 5.06 Å². The number of fused-ring (bicyclic) bond motifs is 2. The summed E-state index contributed by atoms with van der Waals surface area (Å²) in [7, 11) is 0. The second kappa shape index (κ2) is 10.0. The molecule has 200 valence electrons. The van der Waals surface area contributed by atoms with E-state index in [-0.39, 0.29) is 24.3 Å². The standard InChI is InChI=1S/C30H40N2O5/c1-17-24-13-22(30(24,3)4)14-25(17)31-29(36)28-27(18(2)34)26(16-33)37-32(28)15-19-7-5-8-20(11-19)21-9-6-10-23(35)12-21/h5-12,17-18,22,24-28,33-35H,13-16H2,1-4H3,(H,31,36)/t17-,18-,22+,24-,25-,26-,27+,28-/m0/s1. The fourth-order valence-corrected chi connectivity index (χ4v) is 7.20. The lowest BCUT2D eigenvalue weighted by atomic mass is 9.45. The quantitative estimate of drug-likeness (QED) is 0.455. The van der Waals surface area contributed by atoms with Crippen LogP contribution in [0.5, 0.6) is 5.75 Å². The third kappa shape index (κ3) is 4.78. The minimum absolute atomic E-state index is 0.100. The van der Waals surface area contributed by atoms with Gasteiger partial charge in [-0.05, 0) is 77.8 Å². The van der Waals surface area contributed by atoms with Gasteiger partial charge < -0.3 is 20.6 Å². The summed E-state index contributed by atoms with van der Waals surface area (Å²) in [5, 5.41) is 35.5. The summed E-state index contributed by atoms with van der Waals surface area (Å²) in [4.78, 5) is 19.9. The van der Waals surface area contributed by atoms with E-state index >= 15 is 0 Å². The van der Waals surface area contributed by atoms with Gasteiger partial charge >= 0.3 is 0 Å². The van der Waals surface area contributed by atoms with Crippen molar-refractivity contribution in [3.63, 3.8) is 0 Å². The Morgan fingerprint density at radius 3 is 2.49 bits per heavy atom. The molecular weight excluding hydrogens is 468 g/mol. The molecule has 2 aromatic rings. The lowest BCUT2D eigenvalue weighted by Crippen LogP contribution is -2.62. The van der Waals surface area contributed by atoms with E-state index in [4.69, 9.17) is 4.84 Å². The van der Waals surface area contributed by atoms with Crippen molar-refractivity contribution in [2.24, 2.45) is 29.1 Å². The molecule has 2 bridgehead atoms. The second-order valence-electron chi connectivity index (χ2n) is 12.0. The number of rotatable bonds is 7. The number of aliphatic hydroxyl groups excluding tert-OH is 2. The molecule has 0 unspecified atom stereocenters. The number of aromatic hydroxyl groups is 1. The van der Waals surface area contributed by atoms with Crippen LogP contribution in [0, 0.1) is 29.1 Å². The number of aliphatic hydroxyl groups is 2. The molecule has 4 aliphatic rings. The topological polar surface area (TPSA) is 102 Å². The molecule has 0 aromatic heterocycles. The Morgan fingerprint density at radius 1 is 1.16 bits per heavy atom. The maximum Gasteiger partial charge on any atom is 0.240 e. The van der Waals surface area contributed by atoms with Gasteiger partial charge in [0, 0.05) is 12.0 Å². The van der Waals surface area contributed by atoms with Crippen molar-refractivity contribution in [1.82, 2.24) is 10.4 Å². The number of carbonyl (C=O) groups is 1. The van der Waals surface area contributed by atoms with Crippen molar-refractivity contribution in [2.75, 3.05) is 6.61 Å². The highest BCUT2D eigenvalue weighted by atomic mass is 16.7. The zero-order chi connectivity index (χ0) is 26.5. The summed E-state index contributed by atoms with van der Waals surface area (Å²) in [6, 6.07) is 14.3. The molecule has 3 aliphatic carbocycles. The molecule has 0 radical (unpaired) electrons. The van der Waals surface area contributed by atoms with E-state index in [9.17, 15) is 20.1 Å². The fourth-order valence-electron chi connectivity index (χ4n) is 7.20. The molecule has 8 atom stereocenters. The number of hydroxylamine groups is 2. The van der Waals surface area contributed by atoms with E-state index in [0.717, 1.165) is 23.1 Å². The molecule has 0 spiro atoms. The number of hydrogen-bond donors (Lipinski definition) is 4. The van der Waals surface area contributed by atoms with Gasteiger partial charge in [0.15, 0.2) is 0 Å². The van der Waals surface area contributed by atoms with E-state index in [2.05, 4.69) is 26.1 Å². The number of benzene rings is 2. The van der Waals surface area contributed by atoms with Gasteiger partial charge in [0.1, 0.15) is 17.9 Å². The third-order valence-corrected chi connectivity index (χ3v) is 9.51. The molecule has 37 heavy (non-hydrogen) atoms.